The predicted octanol–water partition coefficient (Wildman–Crippen LogP) is 0.833. The van der Waals surface area contributed by atoms with Gasteiger partial charge < -0.3 is 15.8 Å². The highest BCUT2D eigenvalue weighted by atomic mass is 35.5. The second-order valence-electron chi connectivity index (χ2n) is 4.91. The quantitative estimate of drug-likeness (QED) is 0.606. The number of methoxy groups -OCH3 is 1. The lowest BCUT2D eigenvalue weighted by Crippen LogP contribution is -2.44. The number of sulfonamides is 1. The van der Waals surface area contributed by atoms with Crippen LogP contribution in [0, 0.1) is 0 Å². The fourth-order valence-electron chi connectivity index (χ4n) is 2.02. The van der Waals surface area contributed by atoms with Gasteiger partial charge >= 0.3 is 0 Å². The second kappa shape index (κ2) is 11.0. The first-order chi connectivity index (χ1) is 10.9. The third kappa shape index (κ3) is 6.30. The Balaban J connectivity index is 0.00000529. The third-order valence-electron chi connectivity index (χ3n) is 3.29. The molecule has 1 amide bonds. The zero-order valence-electron chi connectivity index (χ0n) is 14.1. The molecule has 0 bridgehead atoms. The number of carbonyl (C=O) groups is 1. The maximum Gasteiger partial charge on any atom is 0.252 e. The van der Waals surface area contributed by atoms with Crippen molar-refractivity contribution in [3.05, 3.63) is 17.0 Å². The zero-order valence-corrected chi connectivity index (χ0v) is 16.6. The smallest absolute Gasteiger partial charge is 0.252 e. The van der Waals surface area contributed by atoms with Crippen LogP contribution in [-0.2, 0) is 26.0 Å². The molecule has 1 unspecified atom stereocenters. The topological polar surface area (TPSA) is 102 Å². The Labute approximate surface area is 154 Å². The van der Waals surface area contributed by atoms with Crippen molar-refractivity contribution in [2.45, 2.75) is 30.5 Å². The summed E-state index contributed by atoms with van der Waals surface area (Å²) >= 11 is 1.23. The van der Waals surface area contributed by atoms with Crippen molar-refractivity contribution in [3.8, 4) is 0 Å². The molecule has 1 rings (SSSR count). The molecule has 0 aliphatic heterocycles. The van der Waals surface area contributed by atoms with E-state index in [1.807, 2.05) is 13.8 Å². The molecule has 140 valence electrons. The average Bonchev–Trinajstić information content (AvgIpc) is 2.98. The summed E-state index contributed by atoms with van der Waals surface area (Å²) in [6.07, 6.45) is 0.559. The molecule has 0 saturated heterocycles. The summed E-state index contributed by atoms with van der Waals surface area (Å²) in [7, 11) is -1.93. The molecule has 0 aliphatic rings. The largest absolute Gasteiger partial charge is 0.383 e. The molecule has 0 spiro atoms. The highest BCUT2D eigenvalue weighted by Gasteiger charge is 2.23. The van der Waals surface area contributed by atoms with Crippen molar-refractivity contribution in [2.75, 3.05) is 33.4 Å². The summed E-state index contributed by atoms with van der Waals surface area (Å²) < 4.78 is 31.3. The molecule has 10 heteroatoms. The van der Waals surface area contributed by atoms with Crippen LogP contribution in [0.2, 0.25) is 0 Å². The van der Waals surface area contributed by atoms with Gasteiger partial charge in [0.15, 0.2) is 0 Å². The fourth-order valence-corrected chi connectivity index (χ4v) is 4.98. The summed E-state index contributed by atoms with van der Waals surface area (Å²) in [6.45, 7) is 5.08. The van der Waals surface area contributed by atoms with E-state index in [1.165, 1.54) is 22.8 Å². The van der Waals surface area contributed by atoms with Crippen LogP contribution in [0.4, 0.5) is 0 Å². The molecule has 1 atom stereocenters. The van der Waals surface area contributed by atoms with E-state index in [4.69, 9.17) is 10.5 Å². The van der Waals surface area contributed by atoms with E-state index in [-0.39, 0.29) is 24.9 Å². The molecular weight excluding hydrogens is 374 g/mol. The Morgan fingerprint density at radius 3 is 2.54 bits per heavy atom. The number of nitrogens with one attached hydrogen (secondary N) is 1. The summed E-state index contributed by atoms with van der Waals surface area (Å²) in [6, 6.07) is 2.70. The number of rotatable bonds is 10. The van der Waals surface area contributed by atoms with Gasteiger partial charge in [-0.1, -0.05) is 13.8 Å². The van der Waals surface area contributed by atoms with Crippen LogP contribution >= 0.6 is 23.7 Å². The molecule has 0 saturated carbocycles. The first-order valence-electron chi connectivity index (χ1n) is 7.47. The summed E-state index contributed by atoms with van der Waals surface area (Å²) in [4.78, 5) is 12.5. The average molecular weight is 400 g/mol. The van der Waals surface area contributed by atoms with Gasteiger partial charge in [-0.3, -0.25) is 4.79 Å². The monoisotopic (exact) mass is 399 g/mol. The third-order valence-corrected chi connectivity index (χ3v) is 6.95. The van der Waals surface area contributed by atoms with Crippen LogP contribution < -0.4 is 11.1 Å². The number of hydrogen-bond acceptors (Lipinski definition) is 6. The highest BCUT2D eigenvalue weighted by molar-refractivity contribution is 7.91. The molecule has 7 nitrogen and oxygen atoms in total. The second-order valence-corrected chi connectivity index (χ2v) is 8.25. The van der Waals surface area contributed by atoms with Gasteiger partial charge in [-0.2, -0.15) is 4.31 Å². The molecule has 1 aromatic heterocycles. The van der Waals surface area contributed by atoms with E-state index in [2.05, 4.69) is 5.32 Å². The molecule has 0 aliphatic carbocycles. The van der Waals surface area contributed by atoms with Crippen LogP contribution in [-0.4, -0.2) is 58.0 Å². The van der Waals surface area contributed by atoms with Gasteiger partial charge in [-0.25, -0.2) is 8.42 Å². The van der Waals surface area contributed by atoms with Crippen molar-refractivity contribution in [1.29, 1.82) is 0 Å². The molecule has 1 aromatic rings. The Hall–Kier alpha value is -0.710. The number of halogens is 1. The standard InChI is InChI=1S/C14H25N3O4S2.ClH/c1-4-17(5-2)23(19,20)13-7-6-11(22-13)8-9-16-14(18)12(15)10-21-3;/h6-7,12H,4-5,8-10,15H2,1-3H3,(H,16,18);1H. The van der Waals surface area contributed by atoms with Crippen molar-refractivity contribution < 1.29 is 17.9 Å². The van der Waals surface area contributed by atoms with E-state index in [1.54, 1.807) is 12.1 Å². The highest BCUT2D eigenvalue weighted by Crippen LogP contribution is 2.25. The van der Waals surface area contributed by atoms with Crippen LogP contribution in [0.15, 0.2) is 16.3 Å². The summed E-state index contributed by atoms with van der Waals surface area (Å²) in [5.74, 6) is -0.278. The van der Waals surface area contributed by atoms with Crippen molar-refractivity contribution in [1.82, 2.24) is 9.62 Å². The number of ether oxygens (including phenoxy) is 1. The van der Waals surface area contributed by atoms with Crippen LogP contribution in [0.1, 0.15) is 18.7 Å². The van der Waals surface area contributed by atoms with Gasteiger partial charge in [0.25, 0.3) is 10.0 Å². The normalized spacial score (nSPS) is 12.7. The summed E-state index contributed by atoms with van der Waals surface area (Å²) in [5.41, 5.74) is 5.61. The maximum absolute atomic E-state index is 12.4. The van der Waals surface area contributed by atoms with E-state index in [0.29, 0.717) is 30.3 Å². The van der Waals surface area contributed by atoms with E-state index in [9.17, 15) is 13.2 Å². The van der Waals surface area contributed by atoms with Crippen molar-refractivity contribution >= 4 is 39.7 Å². The number of nitrogens with two attached hydrogens (primary N) is 1. The van der Waals surface area contributed by atoms with E-state index >= 15 is 0 Å². The first-order valence-corrected chi connectivity index (χ1v) is 9.73. The molecular formula is C14H26ClN3O4S2. The van der Waals surface area contributed by atoms with E-state index < -0.39 is 16.1 Å². The minimum Gasteiger partial charge on any atom is -0.383 e. The lowest BCUT2D eigenvalue weighted by atomic mass is 10.3. The molecule has 1 heterocycles. The number of carbonyl (C=O) groups excluding carboxylic acids is 1. The van der Waals surface area contributed by atoms with Gasteiger partial charge in [-0.05, 0) is 18.6 Å². The lowest BCUT2D eigenvalue weighted by Gasteiger charge is -2.16. The van der Waals surface area contributed by atoms with Gasteiger partial charge in [0.1, 0.15) is 10.3 Å². The SMILES string of the molecule is CCN(CC)S(=O)(=O)c1ccc(CCNC(=O)C(N)COC)s1.Cl. The molecule has 24 heavy (non-hydrogen) atoms. The number of thiophene rings is 1. The Kier molecular flexibility index (Phi) is 10.7. The Morgan fingerprint density at radius 2 is 2.00 bits per heavy atom. The predicted molar refractivity (Wildman–Crippen MR) is 98.2 cm³/mol. The molecule has 3 N–H and O–H groups in total. The van der Waals surface area contributed by atoms with Crippen molar-refractivity contribution in [2.24, 2.45) is 5.73 Å². The molecule has 0 radical (unpaired) electrons. The summed E-state index contributed by atoms with van der Waals surface area (Å²) in [5, 5.41) is 2.71. The number of hydrogen-bond donors (Lipinski definition) is 2. The van der Waals surface area contributed by atoms with Crippen molar-refractivity contribution in [3.63, 3.8) is 0 Å². The van der Waals surface area contributed by atoms with Gasteiger partial charge in [0.05, 0.1) is 6.61 Å². The van der Waals surface area contributed by atoms with Gasteiger partial charge in [-0.15, -0.1) is 23.7 Å². The van der Waals surface area contributed by atoms with Crippen LogP contribution in [0.25, 0.3) is 0 Å². The first kappa shape index (κ1) is 23.3. The molecule has 0 aromatic carbocycles. The number of nitrogens with zero attached hydrogens (tertiary/aromatic N) is 1. The zero-order chi connectivity index (χ0) is 17.5. The minimum atomic E-state index is -3.41. The fraction of sp³-hybridized carbons (Fsp3) is 0.643. The molecule has 0 fully saturated rings. The minimum absolute atomic E-state index is 0. The van der Waals surface area contributed by atoms with Gasteiger partial charge in [0.2, 0.25) is 5.91 Å². The van der Waals surface area contributed by atoms with Crippen LogP contribution in [0.5, 0.6) is 0 Å². The Morgan fingerprint density at radius 1 is 1.38 bits per heavy atom. The number of amides is 1. The van der Waals surface area contributed by atoms with Crippen LogP contribution in [0.3, 0.4) is 0 Å². The lowest BCUT2D eigenvalue weighted by molar-refractivity contribution is -0.123. The van der Waals surface area contributed by atoms with Gasteiger partial charge in [0, 0.05) is 31.6 Å². The van der Waals surface area contributed by atoms with E-state index in [0.717, 1.165) is 4.88 Å². The Bertz CT molecular complexity index is 603. The maximum atomic E-state index is 12.4.